The fraction of sp³-hybridized carbons (Fsp3) is 0.600. The molecule has 2 N–H and O–H groups in total. The molecule has 122 valence electrons. The second kappa shape index (κ2) is 5.67. The first kappa shape index (κ1) is 16.1. The van der Waals surface area contributed by atoms with Gasteiger partial charge in [0.1, 0.15) is 11.9 Å². The predicted molar refractivity (Wildman–Crippen MR) is 85.8 cm³/mol. The number of hydrogen-bond acceptors (Lipinski definition) is 4. The number of piperidine rings is 1. The number of nitrogens with two attached hydrogens (primary N) is 1. The quantitative estimate of drug-likeness (QED) is 0.892. The van der Waals surface area contributed by atoms with Crippen LogP contribution in [0.5, 0.6) is 5.75 Å². The summed E-state index contributed by atoms with van der Waals surface area (Å²) in [5, 5.41) is 0.363. The highest BCUT2D eigenvalue weighted by Crippen LogP contribution is 2.39. The highest BCUT2D eigenvalue weighted by molar-refractivity contribution is 7.89. The summed E-state index contributed by atoms with van der Waals surface area (Å²) in [6.45, 7) is 4.29. The Morgan fingerprint density at radius 3 is 2.77 bits per heavy atom. The smallest absolute Gasteiger partial charge is 0.243 e. The van der Waals surface area contributed by atoms with Gasteiger partial charge >= 0.3 is 0 Å². The van der Waals surface area contributed by atoms with E-state index in [0.29, 0.717) is 36.6 Å². The van der Waals surface area contributed by atoms with Crippen LogP contribution < -0.4 is 10.5 Å². The molecule has 7 heteroatoms. The summed E-state index contributed by atoms with van der Waals surface area (Å²) >= 11 is 6.22. The summed E-state index contributed by atoms with van der Waals surface area (Å²) in [4.78, 5) is 0.247. The van der Waals surface area contributed by atoms with Gasteiger partial charge in [-0.1, -0.05) is 11.6 Å². The molecule has 0 bridgehead atoms. The predicted octanol–water partition coefficient (Wildman–Crippen LogP) is 2.16. The van der Waals surface area contributed by atoms with E-state index in [2.05, 4.69) is 0 Å². The lowest BCUT2D eigenvalue weighted by molar-refractivity contribution is 0.247. The van der Waals surface area contributed by atoms with Gasteiger partial charge < -0.3 is 10.5 Å². The van der Waals surface area contributed by atoms with Crippen molar-refractivity contribution >= 4 is 21.6 Å². The molecule has 0 aliphatic carbocycles. The van der Waals surface area contributed by atoms with E-state index in [4.69, 9.17) is 22.1 Å². The van der Waals surface area contributed by atoms with Crippen LogP contribution in [0.25, 0.3) is 0 Å². The number of rotatable bonds is 2. The SMILES string of the molecule is CC1Cc2cc(S(=O)(=O)N3CCC(N)CC3C)cc(Cl)c2O1. The molecule has 1 fully saturated rings. The fourth-order valence-corrected chi connectivity index (χ4v) is 5.37. The van der Waals surface area contributed by atoms with Crippen LogP contribution in [0, 0.1) is 0 Å². The summed E-state index contributed by atoms with van der Waals surface area (Å²) in [5.74, 6) is 0.613. The van der Waals surface area contributed by atoms with Gasteiger partial charge in [-0.3, -0.25) is 0 Å². The van der Waals surface area contributed by atoms with E-state index in [-0.39, 0.29) is 23.1 Å². The molecule has 0 amide bonds. The minimum atomic E-state index is -3.56. The zero-order valence-electron chi connectivity index (χ0n) is 12.8. The number of ether oxygens (including phenoxy) is 1. The Morgan fingerprint density at radius 2 is 2.09 bits per heavy atom. The average Bonchev–Trinajstić information content (AvgIpc) is 2.79. The third-order valence-electron chi connectivity index (χ3n) is 4.38. The summed E-state index contributed by atoms with van der Waals surface area (Å²) in [6, 6.07) is 3.16. The van der Waals surface area contributed by atoms with Crippen molar-refractivity contribution in [3.8, 4) is 5.75 Å². The van der Waals surface area contributed by atoms with Gasteiger partial charge in [-0.25, -0.2) is 8.42 Å². The van der Waals surface area contributed by atoms with Crippen LogP contribution in [0.2, 0.25) is 5.02 Å². The molecule has 3 unspecified atom stereocenters. The highest BCUT2D eigenvalue weighted by atomic mass is 35.5. The van der Waals surface area contributed by atoms with Crippen LogP contribution >= 0.6 is 11.6 Å². The van der Waals surface area contributed by atoms with E-state index in [1.54, 1.807) is 6.07 Å². The second-order valence-electron chi connectivity index (χ2n) is 6.28. The second-order valence-corrected chi connectivity index (χ2v) is 8.57. The van der Waals surface area contributed by atoms with Crippen molar-refractivity contribution < 1.29 is 13.2 Å². The molecule has 5 nitrogen and oxygen atoms in total. The Kier molecular flexibility index (Phi) is 4.14. The molecule has 0 aromatic heterocycles. The topological polar surface area (TPSA) is 72.6 Å². The Morgan fingerprint density at radius 1 is 1.36 bits per heavy atom. The van der Waals surface area contributed by atoms with E-state index in [9.17, 15) is 8.42 Å². The van der Waals surface area contributed by atoms with Crippen molar-refractivity contribution in [1.82, 2.24) is 4.31 Å². The summed E-state index contributed by atoms with van der Waals surface area (Å²) in [5.41, 5.74) is 6.78. The largest absolute Gasteiger partial charge is 0.489 e. The number of halogens is 1. The maximum absolute atomic E-state index is 12.9. The number of nitrogens with zero attached hydrogens (tertiary/aromatic N) is 1. The lowest BCUT2D eigenvalue weighted by Crippen LogP contribution is -2.48. The molecule has 2 heterocycles. The molecule has 2 aliphatic rings. The molecule has 3 rings (SSSR count). The molecule has 3 atom stereocenters. The van der Waals surface area contributed by atoms with Crippen molar-refractivity contribution in [2.45, 2.75) is 56.2 Å². The Balaban J connectivity index is 1.97. The normalized spacial score (nSPS) is 29.2. The van der Waals surface area contributed by atoms with Crippen LogP contribution in [0.3, 0.4) is 0 Å². The first-order chi connectivity index (χ1) is 10.3. The van der Waals surface area contributed by atoms with Crippen molar-refractivity contribution in [2.75, 3.05) is 6.54 Å². The highest BCUT2D eigenvalue weighted by Gasteiger charge is 2.35. The van der Waals surface area contributed by atoms with E-state index < -0.39 is 10.0 Å². The Bertz CT molecular complexity index is 692. The third kappa shape index (κ3) is 2.73. The molecule has 22 heavy (non-hydrogen) atoms. The fourth-order valence-electron chi connectivity index (χ4n) is 3.29. The monoisotopic (exact) mass is 344 g/mol. The van der Waals surface area contributed by atoms with Gasteiger partial charge in [-0.15, -0.1) is 0 Å². The Hall–Kier alpha value is -0.820. The molecule has 0 radical (unpaired) electrons. The summed E-state index contributed by atoms with van der Waals surface area (Å²) in [7, 11) is -3.56. The first-order valence-electron chi connectivity index (χ1n) is 7.55. The molecule has 0 saturated carbocycles. The molecule has 1 saturated heterocycles. The average molecular weight is 345 g/mol. The van der Waals surface area contributed by atoms with E-state index in [1.807, 2.05) is 13.8 Å². The minimum Gasteiger partial charge on any atom is -0.489 e. The summed E-state index contributed by atoms with van der Waals surface area (Å²) < 4.78 is 33.0. The summed E-state index contributed by atoms with van der Waals surface area (Å²) in [6.07, 6.45) is 2.07. The van der Waals surface area contributed by atoms with Crippen molar-refractivity contribution in [3.63, 3.8) is 0 Å². The van der Waals surface area contributed by atoms with Crippen LogP contribution in [0.15, 0.2) is 17.0 Å². The molecular formula is C15H21ClN2O3S. The van der Waals surface area contributed by atoms with Gasteiger partial charge in [0.15, 0.2) is 0 Å². The molecular weight excluding hydrogens is 324 g/mol. The van der Waals surface area contributed by atoms with Gasteiger partial charge in [-0.2, -0.15) is 4.31 Å². The number of hydrogen-bond donors (Lipinski definition) is 1. The van der Waals surface area contributed by atoms with Gasteiger partial charge in [0.2, 0.25) is 10.0 Å². The third-order valence-corrected chi connectivity index (χ3v) is 6.65. The lowest BCUT2D eigenvalue weighted by Gasteiger charge is -2.35. The van der Waals surface area contributed by atoms with Crippen molar-refractivity contribution in [2.24, 2.45) is 5.73 Å². The van der Waals surface area contributed by atoms with Gasteiger partial charge in [0.25, 0.3) is 0 Å². The zero-order chi connectivity index (χ0) is 16.1. The van der Waals surface area contributed by atoms with Gasteiger partial charge in [0, 0.05) is 30.6 Å². The van der Waals surface area contributed by atoms with Crippen LogP contribution in [-0.2, 0) is 16.4 Å². The van der Waals surface area contributed by atoms with E-state index >= 15 is 0 Å². The number of benzene rings is 1. The molecule has 0 spiro atoms. The number of fused-ring (bicyclic) bond motifs is 1. The maximum Gasteiger partial charge on any atom is 0.243 e. The van der Waals surface area contributed by atoms with Crippen molar-refractivity contribution in [3.05, 3.63) is 22.7 Å². The van der Waals surface area contributed by atoms with E-state index in [0.717, 1.165) is 5.56 Å². The van der Waals surface area contributed by atoms with Crippen molar-refractivity contribution in [1.29, 1.82) is 0 Å². The van der Waals surface area contributed by atoms with E-state index in [1.165, 1.54) is 10.4 Å². The molecule has 1 aromatic rings. The molecule has 2 aliphatic heterocycles. The zero-order valence-corrected chi connectivity index (χ0v) is 14.3. The molecule has 1 aromatic carbocycles. The van der Waals surface area contributed by atoms with Crippen LogP contribution in [0.4, 0.5) is 0 Å². The van der Waals surface area contributed by atoms with Gasteiger partial charge in [-0.05, 0) is 38.8 Å². The number of sulfonamides is 1. The standard InChI is InChI=1S/C15H21ClN2O3S/c1-9-5-12(17)3-4-18(9)22(19,20)13-7-11-6-10(2)21-15(11)14(16)8-13/h7-10,12H,3-6,17H2,1-2H3. The van der Waals surface area contributed by atoms with Crippen LogP contribution in [0.1, 0.15) is 32.3 Å². The minimum absolute atomic E-state index is 0.0253. The maximum atomic E-state index is 12.9. The van der Waals surface area contributed by atoms with Crippen LogP contribution in [-0.4, -0.2) is 37.5 Å². The van der Waals surface area contributed by atoms with Gasteiger partial charge in [0.05, 0.1) is 9.92 Å². The lowest BCUT2D eigenvalue weighted by atomic mass is 10.0. The first-order valence-corrected chi connectivity index (χ1v) is 9.37. The Labute approximate surface area is 136 Å².